The van der Waals surface area contributed by atoms with Crippen LogP contribution in [-0.2, 0) is 14.3 Å². The lowest BCUT2D eigenvalue weighted by Crippen LogP contribution is -2.58. The van der Waals surface area contributed by atoms with Crippen LogP contribution in [0.1, 0.15) is 37.3 Å². The maximum Gasteiger partial charge on any atom is 0.407 e. The van der Waals surface area contributed by atoms with Gasteiger partial charge in [0.05, 0.1) is 5.92 Å². The van der Waals surface area contributed by atoms with E-state index in [1.807, 2.05) is 24.3 Å². The van der Waals surface area contributed by atoms with Gasteiger partial charge >= 0.3 is 12.1 Å². The average Bonchev–Trinajstić information content (AvgIpc) is 3.04. The number of alkyl carbamates (subject to hydrolysis) is 1. The Kier molecular flexibility index (Phi) is 5.67. The van der Waals surface area contributed by atoms with Crippen LogP contribution in [0.5, 0.6) is 0 Å². The summed E-state index contributed by atoms with van der Waals surface area (Å²) in [4.78, 5) is 37.5. The van der Waals surface area contributed by atoms with Crippen LogP contribution in [0.4, 0.5) is 4.79 Å². The Balaban J connectivity index is 1.35. The number of amides is 2. The van der Waals surface area contributed by atoms with E-state index >= 15 is 0 Å². The van der Waals surface area contributed by atoms with Crippen molar-refractivity contribution in [3.8, 4) is 11.1 Å². The van der Waals surface area contributed by atoms with E-state index in [1.165, 1.54) is 4.90 Å². The number of carbonyl (C=O) groups excluding carboxylic acids is 2. The molecule has 31 heavy (non-hydrogen) atoms. The van der Waals surface area contributed by atoms with Gasteiger partial charge in [0.25, 0.3) is 0 Å². The molecule has 1 saturated heterocycles. The van der Waals surface area contributed by atoms with Crippen molar-refractivity contribution in [1.29, 1.82) is 0 Å². The first-order valence-electron chi connectivity index (χ1n) is 10.5. The lowest BCUT2D eigenvalue weighted by atomic mass is 9.96. The lowest BCUT2D eigenvalue weighted by molar-refractivity contribution is -0.159. The van der Waals surface area contributed by atoms with Crippen molar-refractivity contribution >= 4 is 18.0 Å². The molecule has 3 atom stereocenters. The molecule has 2 aromatic rings. The molecular formula is C24H26N2O5. The molecule has 1 fully saturated rings. The fourth-order valence-corrected chi connectivity index (χ4v) is 4.33. The van der Waals surface area contributed by atoms with Gasteiger partial charge in [-0.15, -0.1) is 0 Å². The second kappa shape index (κ2) is 8.41. The van der Waals surface area contributed by atoms with Gasteiger partial charge in [-0.25, -0.2) is 9.59 Å². The number of rotatable bonds is 6. The Labute approximate surface area is 181 Å². The molecule has 0 saturated carbocycles. The Bertz CT molecular complexity index is 975. The maximum absolute atomic E-state index is 12.6. The van der Waals surface area contributed by atoms with E-state index in [4.69, 9.17) is 9.84 Å². The summed E-state index contributed by atoms with van der Waals surface area (Å²) in [5.41, 5.74) is 4.57. The molecule has 3 unspecified atom stereocenters. The first kappa shape index (κ1) is 20.9. The average molecular weight is 422 g/mol. The minimum Gasteiger partial charge on any atom is -0.480 e. The number of hydrogen-bond donors (Lipinski definition) is 2. The molecule has 0 radical (unpaired) electrons. The third-order valence-corrected chi connectivity index (χ3v) is 6.42. The van der Waals surface area contributed by atoms with Crippen LogP contribution in [0, 0.1) is 5.92 Å². The van der Waals surface area contributed by atoms with Crippen LogP contribution in [-0.4, -0.2) is 53.2 Å². The summed E-state index contributed by atoms with van der Waals surface area (Å²) in [5, 5.41) is 11.9. The largest absolute Gasteiger partial charge is 0.480 e. The second-order valence-electron chi connectivity index (χ2n) is 8.22. The number of carboxylic acid groups (broad SMARTS) is 1. The van der Waals surface area contributed by atoms with E-state index in [9.17, 15) is 14.4 Å². The van der Waals surface area contributed by atoms with Gasteiger partial charge in [0.1, 0.15) is 12.6 Å². The topological polar surface area (TPSA) is 95.9 Å². The minimum absolute atomic E-state index is 0.0371. The molecule has 4 rings (SSSR count). The Hall–Kier alpha value is -3.35. The first-order valence-corrected chi connectivity index (χ1v) is 10.5. The van der Waals surface area contributed by atoms with Crippen LogP contribution in [0.3, 0.4) is 0 Å². The number of nitrogens with zero attached hydrogens (tertiary/aromatic N) is 1. The Morgan fingerprint density at radius 2 is 1.65 bits per heavy atom. The van der Waals surface area contributed by atoms with E-state index in [2.05, 4.69) is 29.6 Å². The van der Waals surface area contributed by atoms with E-state index in [1.54, 1.807) is 13.8 Å². The van der Waals surface area contributed by atoms with Crippen LogP contribution in [0.2, 0.25) is 0 Å². The monoisotopic (exact) mass is 422 g/mol. The molecule has 2 N–H and O–H groups in total. The third-order valence-electron chi connectivity index (χ3n) is 6.42. The summed E-state index contributed by atoms with van der Waals surface area (Å²) in [6.45, 7) is 4.04. The van der Waals surface area contributed by atoms with E-state index in [-0.39, 0.29) is 18.4 Å². The van der Waals surface area contributed by atoms with Crippen LogP contribution in [0.15, 0.2) is 48.5 Å². The van der Waals surface area contributed by atoms with Gasteiger partial charge < -0.3 is 20.1 Å². The molecular weight excluding hydrogens is 396 g/mol. The number of ether oxygens (including phenoxy) is 1. The van der Waals surface area contributed by atoms with Gasteiger partial charge in [-0.05, 0) is 35.6 Å². The number of carbonyl (C=O) groups is 3. The zero-order chi connectivity index (χ0) is 22.1. The van der Waals surface area contributed by atoms with E-state index < -0.39 is 30.1 Å². The highest BCUT2D eigenvalue weighted by Crippen LogP contribution is 2.44. The zero-order valence-corrected chi connectivity index (χ0v) is 17.6. The highest BCUT2D eigenvalue weighted by molar-refractivity contribution is 5.87. The molecule has 0 bridgehead atoms. The van der Waals surface area contributed by atoms with Crippen LogP contribution < -0.4 is 5.32 Å². The molecule has 162 valence electrons. The molecule has 2 amide bonds. The normalized spacial score (nSPS) is 18.9. The van der Waals surface area contributed by atoms with Gasteiger partial charge in [0.15, 0.2) is 0 Å². The number of benzene rings is 2. The molecule has 2 aromatic carbocycles. The van der Waals surface area contributed by atoms with Crippen molar-refractivity contribution in [2.24, 2.45) is 5.92 Å². The van der Waals surface area contributed by atoms with Gasteiger partial charge in [0.2, 0.25) is 5.91 Å². The number of fused-ring (bicyclic) bond motifs is 3. The van der Waals surface area contributed by atoms with Crippen molar-refractivity contribution in [3.63, 3.8) is 0 Å². The second-order valence-corrected chi connectivity index (χ2v) is 8.22. The fourth-order valence-electron chi connectivity index (χ4n) is 4.33. The summed E-state index contributed by atoms with van der Waals surface area (Å²) in [6.07, 6.45) is -0.130. The number of hydrogen-bond acceptors (Lipinski definition) is 4. The van der Waals surface area contributed by atoms with Crippen molar-refractivity contribution in [1.82, 2.24) is 10.2 Å². The van der Waals surface area contributed by atoms with Crippen molar-refractivity contribution < 1.29 is 24.2 Å². The lowest BCUT2D eigenvalue weighted by Gasteiger charge is -2.40. The summed E-state index contributed by atoms with van der Waals surface area (Å²) in [7, 11) is 0. The summed E-state index contributed by atoms with van der Waals surface area (Å²) >= 11 is 0. The Morgan fingerprint density at radius 3 is 2.16 bits per heavy atom. The molecule has 1 heterocycles. The quantitative estimate of drug-likeness (QED) is 0.745. The molecule has 7 heteroatoms. The van der Waals surface area contributed by atoms with Crippen molar-refractivity contribution in [2.45, 2.75) is 38.3 Å². The Morgan fingerprint density at radius 1 is 1.06 bits per heavy atom. The van der Waals surface area contributed by atoms with E-state index in [0.717, 1.165) is 22.3 Å². The fraction of sp³-hybridized carbons (Fsp3) is 0.375. The van der Waals surface area contributed by atoms with Crippen LogP contribution in [0.25, 0.3) is 11.1 Å². The highest BCUT2D eigenvalue weighted by atomic mass is 16.5. The molecule has 2 aliphatic rings. The molecule has 1 aliphatic heterocycles. The van der Waals surface area contributed by atoms with Gasteiger partial charge in [0, 0.05) is 18.5 Å². The smallest absolute Gasteiger partial charge is 0.407 e. The standard InChI is InChI=1S/C24H26N2O5/c1-14(22(27)26-12-11-21(26)23(28)29)15(2)25-24(30)31-13-20-18-9-5-3-7-16(18)17-8-4-6-10-19(17)20/h3-10,14-15,20-21H,11-13H2,1-2H3,(H,25,30)(H,28,29). The van der Waals surface area contributed by atoms with Crippen LogP contribution >= 0.6 is 0 Å². The van der Waals surface area contributed by atoms with Crippen molar-refractivity contribution in [2.75, 3.05) is 13.2 Å². The van der Waals surface area contributed by atoms with Gasteiger partial charge in [-0.1, -0.05) is 55.5 Å². The number of carboxylic acids is 1. The molecule has 7 nitrogen and oxygen atoms in total. The first-order chi connectivity index (χ1) is 14.9. The maximum atomic E-state index is 12.6. The third kappa shape index (κ3) is 3.87. The molecule has 0 spiro atoms. The number of nitrogens with one attached hydrogen (secondary N) is 1. The summed E-state index contributed by atoms with van der Waals surface area (Å²) in [6, 6.07) is 15.0. The SMILES string of the molecule is CC(NC(=O)OCC1c2ccccc2-c2ccccc21)C(C)C(=O)N1CCC1C(=O)O. The number of likely N-dealkylation sites (tertiary alicyclic amines) is 1. The summed E-state index contributed by atoms with van der Waals surface area (Å²) in [5.74, 6) is -1.86. The predicted molar refractivity (Wildman–Crippen MR) is 115 cm³/mol. The minimum atomic E-state index is -0.996. The number of aliphatic carboxylic acids is 1. The van der Waals surface area contributed by atoms with E-state index in [0.29, 0.717) is 13.0 Å². The van der Waals surface area contributed by atoms with Gasteiger partial charge in [-0.2, -0.15) is 0 Å². The predicted octanol–water partition coefficient (Wildman–Crippen LogP) is 3.24. The van der Waals surface area contributed by atoms with Crippen molar-refractivity contribution in [3.05, 3.63) is 59.7 Å². The highest BCUT2D eigenvalue weighted by Gasteiger charge is 2.40. The van der Waals surface area contributed by atoms with Gasteiger partial charge in [-0.3, -0.25) is 4.79 Å². The summed E-state index contributed by atoms with van der Waals surface area (Å²) < 4.78 is 5.53. The zero-order valence-electron chi connectivity index (χ0n) is 17.6. The molecule has 1 aliphatic carbocycles. The molecule has 0 aromatic heterocycles.